The van der Waals surface area contributed by atoms with E-state index in [1.807, 2.05) is 0 Å². The first kappa shape index (κ1) is 25.1. The third-order valence-corrected chi connectivity index (χ3v) is 8.88. The molecule has 5 aliphatic rings. The molecule has 12 heteroatoms. The minimum atomic E-state index is -1.19. The molecule has 7 atom stereocenters. The van der Waals surface area contributed by atoms with Crippen LogP contribution in [0.4, 0.5) is 4.79 Å². The van der Waals surface area contributed by atoms with Crippen LogP contribution in [0.25, 0.3) is 0 Å². The predicted molar refractivity (Wildman–Crippen MR) is 132 cm³/mol. The van der Waals surface area contributed by atoms with Gasteiger partial charge in [-0.15, -0.1) is 0 Å². The Kier molecular flexibility index (Phi) is 6.08. The van der Waals surface area contributed by atoms with Crippen molar-refractivity contribution in [1.29, 1.82) is 0 Å². The van der Waals surface area contributed by atoms with Gasteiger partial charge in [0.15, 0.2) is 0 Å². The van der Waals surface area contributed by atoms with Crippen LogP contribution in [0.2, 0.25) is 0 Å². The van der Waals surface area contributed by atoms with Gasteiger partial charge in [0.1, 0.15) is 17.3 Å². The van der Waals surface area contributed by atoms with Crippen molar-refractivity contribution in [3.8, 4) is 5.75 Å². The minimum Gasteiger partial charge on any atom is -0.497 e. The maximum atomic E-state index is 13.8. The Morgan fingerprint density at radius 2 is 1.87 bits per heavy atom. The molecule has 5 amide bonds. The molecular formula is C26H33N5O7. The molecule has 4 unspecified atom stereocenters. The number of piperidine rings is 1. The Hall–Kier alpha value is -3.22. The smallest absolute Gasteiger partial charge is 0.325 e. The van der Waals surface area contributed by atoms with Crippen molar-refractivity contribution < 1.29 is 34.1 Å². The van der Waals surface area contributed by atoms with Crippen LogP contribution in [0.5, 0.6) is 5.75 Å². The number of benzene rings is 1. The van der Waals surface area contributed by atoms with E-state index in [2.05, 4.69) is 10.6 Å². The van der Waals surface area contributed by atoms with Gasteiger partial charge in [-0.2, -0.15) is 0 Å². The zero-order valence-electron chi connectivity index (χ0n) is 21.2. The van der Waals surface area contributed by atoms with Crippen LogP contribution in [0, 0.1) is 5.92 Å². The van der Waals surface area contributed by atoms with E-state index < -0.39 is 41.9 Å². The Labute approximate surface area is 219 Å². The highest BCUT2D eigenvalue weighted by molar-refractivity contribution is 6.08. The first-order valence-electron chi connectivity index (χ1n) is 13.2. The molecule has 204 valence electrons. The van der Waals surface area contributed by atoms with Crippen LogP contribution in [-0.2, 0) is 20.9 Å². The first-order chi connectivity index (χ1) is 18.2. The lowest BCUT2D eigenvalue weighted by Crippen LogP contribution is -2.60. The molecule has 0 radical (unpaired) electrons. The van der Waals surface area contributed by atoms with Crippen molar-refractivity contribution >= 4 is 23.8 Å². The summed E-state index contributed by atoms with van der Waals surface area (Å²) in [6.07, 6.45) is 0.223. The summed E-state index contributed by atoms with van der Waals surface area (Å²) in [4.78, 5) is 57.8. The maximum absolute atomic E-state index is 13.8. The Bertz CT molecular complexity index is 1160. The summed E-state index contributed by atoms with van der Waals surface area (Å²) in [6.45, 7) is 0.731. The van der Waals surface area contributed by atoms with Crippen molar-refractivity contribution in [2.75, 3.05) is 26.7 Å². The second kappa shape index (κ2) is 9.21. The summed E-state index contributed by atoms with van der Waals surface area (Å²) in [5.74, 6) is -0.406. The van der Waals surface area contributed by atoms with Gasteiger partial charge >= 0.3 is 6.03 Å². The fourth-order valence-electron chi connectivity index (χ4n) is 6.92. The lowest BCUT2D eigenvalue weighted by atomic mass is 9.95. The number of nitrogens with zero attached hydrogens (tertiary/aromatic N) is 3. The molecule has 4 N–H and O–H groups in total. The third kappa shape index (κ3) is 3.93. The van der Waals surface area contributed by atoms with Crippen molar-refractivity contribution in [2.45, 2.75) is 68.1 Å². The number of hydrogen-bond donors (Lipinski definition) is 4. The number of aliphatic hydroxyl groups is 2. The number of urea groups is 1. The van der Waals surface area contributed by atoms with E-state index in [9.17, 15) is 29.4 Å². The fourth-order valence-corrected chi connectivity index (χ4v) is 6.92. The number of ether oxygens (including phenoxy) is 1. The quantitative estimate of drug-likeness (QED) is 0.348. The van der Waals surface area contributed by atoms with Gasteiger partial charge < -0.3 is 35.4 Å². The van der Waals surface area contributed by atoms with Crippen LogP contribution in [0.15, 0.2) is 24.3 Å². The van der Waals surface area contributed by atoms with Crippen molar-refractivity contribution in [2.24, 2.45) is 5.92 Å². The SMILES string of the molecule is COc1ccc(CN2C(=O)NC3(CCN(C(=O)[C@H]4C5CC(O)C(C5)N4C(=O)[C@H]4C[C@H](O)CN4)C3)C2=O)cc1. The highest BCUT2D eigenvalue weighted by Crippen LogP contribution is 2.44. The van der Waals surface area contributed by atoms with Crippen LogP contribution < -0.4 is 15.4 Å². The second-order valence-electron chi connectivity index (χ2n) is 11.2. The Morgan fingerprint density at radius 1 is 1.11 bits per heavy atom. The van der Waals surface area contributed by atoms with E-state index in [0.29, 0.717) is 25.1 Å². The highest BCUT2D eigenvalue weighted by Gasteiger charge is 2.60. The van der Waals surface area contributed by atoms with Gasteiger partial charge in [0.25, 0.3) is 5.91 Å². The molecule has 1 aromatic carbocycles. The number of carbonyl (C=O) groups excluding carboxylic acids is 4. The summed E-state index contributed by atoms with van der Waals surface area (Å²) in [5.41, 5.74) is -0.417. The average Bonchev–Trinajstić information content (AvgIpc) is 3.72. The molecule has 1 saturated carbocycles. The second-order valence-corrected chi connectivity index (χ2v) is 11.2. The van der Waals surface area contributed by atoms with E-state index >= 15 is 0 Å². The number of carbonyl (C=O) groups is 4. The van der Waals surface area contributed by atoms with E-state index in [1.54, 1.807) is 36.3 Å². The fraction of sp³-hybridized carbons (Fsp3) is 0.615. The maximum Gasteiger partial charge on any atom is 0.325 e. The first-order valence-corrected chi connectivity index (χ1v) is 13.2. The van der Waals surface area contributed by atoms with Crippen LogP contribution in [0.1, 0.15) is 31.2 Å². The molecule has 6 rings (SSSR count). The molecular weight excluding hydrogens is 494 g/mol. The lowest BCUT2D eigenvalue weighted by molar-refractivity contribution is -0.152. The molecule has 2 bridgehead atoms. The zero-order chi connectivity index (χ0) is 26.8. The van der Waals surface area contributed by atoms with Crippen molar-refractivity contribution in [3.63, 3.8) is 0 Å². The third-order valence-electron chi connectivity index (χ3n) is 8.88. The van der Waals surface area contributed by atoms with Gasteiger partial charge in [-0.3, -0.25) is 19.3 Å². The average molecular weight is 528 g/mol. The zero-order valence-corrected chi connectivity index (χ0v) is 21.2. The summed E-state index contributed by atoms with van der Waals surface area (Å²) < 4.78 is 5.16. The van der Waals surface area contributed by atoms with Gasteiger partial charge in [0.05, 0.1) is 44.5 Å². The van der Waals surface area contributed by atoms with Crippen LogP contribution in [-0.4, -0.2) is 111 Å². The number of nitrogens with one attached hydrogen (secondary N) is 2. The number of aliphatic hydroxyl groups excluding tert-OH is 2. The largest absolute Gasteiger partial charge is 0.497 e. The van der Waals surface area contributed by atoms with E-state index in [-0.39, 0.29) is 56.1 Å². The van der Waals surface area contributed by atoms with Crippen molar-refractivity contribution in [3.05, 3.63) is 29.8 Å². The highest BCUT2D eigenvalue weighted by atomic mass is 16.5. The van der Waals surface area contributed by atoms with Gasteiger partial charge in [-0.1, -0.05) is 12.1 Å². The number of hydrogen-bond acceptors (Lipinski definition) is 8. The molecule has 0 aromatic heterocycles. The minimum absolute atomic E-state index is 0.0361. The Balaban J connectivity index is 1.17. The lowest BCUT2D eigenvalue weighted by Gasteiger charge is -2.39. The van der Waals surface area contributed by atoms with Crippen LogP contribution >= 0.6 is 0 Å². The standard InChI is InChI=1S/C26H33N5O7/c1-38-17-4-2-14(3-5-17)12-30-24(36)26(28-25(30)37)6-7-29(13-26)23(35)21-15-8-19(20(33)9-15)31(21)22(34)18-10-16(32)11-27-18/h2-5,15-16,18-21,27,32-33H,6-13H2,1H3,(H,28,37)/t15?,16-,18+,19?,20?,21+,26?/m0/s1. The summed E-state index contributed by atoms with van der Waals surface area (Å²) in [7, 11) is 1.56. The molecule has 12 nitrogen and oxygen atoms in total. The van der Waals surface area contributed by atoms with E-state index in [1.165, 1.54) is 9.80 Å². The molecule has 4 saturated heterocycles. The molecule has 5 fully saturated rings. The van der Waals surface area contributed by atoms with Crippen LogP contribution in [0.3, 0.4) is 0 Å². The molecule has 1 aliphatic carbocycles. The summed E-state index contributed by atoms with van der Waals surface area (Å²) in [6, 6.07) is 4.86. The number of rotatable bonds is 5. The van der Waals surface area contributed by atoms with E-state index in [4.69, 9.17) is 4.74 Å². The van der Waals surface area contributed by atoms with Gasteiger partial charge in [-0.25, -0.2) is 4.79 Å². The number of fused-ring (bicyclic) bond motifs is 2. The van der Waals surface area contributed by atoms with Gasteiger partial charge in [0.2, 0.25) is 11.8 Å². The normalized spacial score (nSPS) is 36.0. The molecule has 38 heavy (non-hydrogen) atoms. The molecule has 1 spiro atoms. The molecule has 4 aliphatic heterocycles. The van der Waals surface area contributed by atoms with Gasteiger partial charge in [0, 0.05) is 13.1 Å². The summed E-state index contributed by atoms with van der Waals surface area (Å²) in [5, 5.41) is 26.3. The topological polar surface area (TPSA) is 152 Å². The molecule has 4 heterocycles. The van der Waals surface area contributed by atoms with E-state index in [0.717, 1.165) is 5.56 Å². The number of β-amino-alcohol motifs (C(OH)–C–C–N with tert-alkyl or cyclic N) is 1. The predicted octanol–water partition coefficient (Wildman–Crippen LogP) is -1.21. The molecule has 1 aromatic rings. The van der Waals surface area contributed by atoms with Gasteiger partial charge in [-0.05, 0) is 49.3 Å². The summed E-state index contributed by atoms with van der Waals surface area (Å²) >= 11 is 0. The monoisotopic (exact) mass is 527 g/mol. The number of methoxy groups -OCH3 is 1. The number of imide groups is 1. The Morgan fingerprint density at radius 3 is 2.55 bits per heavy atom. The van der Waals surface area contributed by atoms with Crippen molar-refractivity contribution in [1.82, 2.24) is 25.3 Å². The number of amides is 5. The number of likely N-dealkylation sites (tertiary alicyclic amines) is 2.